The van der Waals surface area contributed by atoms with E-state index < -0.39 is 60.3 Å². The average Bonchev–Trinajstić information content (AvgIpc) is 3.50. The summed E-state index contributed by atoms with van der Waals surface area (Å²) in [6, 6.07) is 5.38. The molecule has 1 saturated heterocycles. The second kappa shape index (κ2) is 11.7. The van der Waals surface area contributed by atoms with Crippen LogP contribution in [0.5, 0.6) is 5.75 Å². The molecule has 11 nitrogen and oxygen atoms in total. The Morgan fingerprint density at radius 2 is 1.90 bits per heavy atom. The SMILES string of the molecule is COc1cccc2[nH]c(C(=O)NCC(=O)NC(C[C@@H]3CCNC3=O)C(=O)COC(=O)C(C)(C)C(F)(F)F)cc12. The standard InChI is InChI=1S/C25H29F3N4O7/c1-24(2,25(26,27)28)23(37)39-12-18(33)16(9-13-7-8-29-21(13)35)32-20(34)11-30-22(36)17-10-14-15(31-17)5-4-6-19(14)38-3/h4-6,10,13,16,31H,7-9,11-12H2,1-3H3,(H,29,35)(H,30,36)(H,32,34)/t13-,16?/m0/s1. The van der Waals surface area contributed by atoms with Crippen molar-refractivity contribution in [3.8, 4) is 5.75 Å². The van der Waals surface area contributed by atoms with Gasteiger partial charge in [-0.05, 0) is 44.9 Å². The molecule has 1 aromatic heterocycles. The van der Waals surface area contributed by atoms with Crippen LogP contribution in [0.25, 0.3) is 10.9 Å². The molecule has 3 rings (SSSR count). The number of rotatable bonds is 11. The predicted molar refractivity (Wildman–Crippen MR) is 131 cm³/mol. The molecular weight excluding hydrogens is 525 g/mol. The minimum atomic E-state index is -4.91. The van der Waals surface area contributed by atoms with Gasteiger partial charge in [0, 0.05) is 23.4 Å². The maximum atomic E-state index is 13.1. The lowest BCUT2D eigenvalue weighted by Gasteiger charge is -2.26. The zero-order valence-electron chi connectivity index (χ0n) is 21.5. The number of esters is 1. The first-order chi connectivity index (χ1) is 18.2. The van der Waals surface area contributed by atoms with Gasteiger partial charge in [0.1, 0.15) is 11.4 Å². The van der Waals surface area contributed by atoms with Crippen LogP contribution in [0.3, 0.4) is 0 Å². The highest BCUT2D eigenvalue weighted by Gasteiger charge is 2.54. The zero-order chi connectivity index (χ0) is 29.0. The van der Waals surface area contributed by atoms with Crippen LogP contribution >= 0.6 is 0 Å². The normalized spacial score (nSPS) is 16.4. The number of benzene rings is 1. The Bertz CT molecular complexity index is 1270. The van der Waals surface area contributed by atoms with Crippen LogP contribution in [0.2, 0.25) is 0 Å². The molecule has 14 heteroatoms. The van der Waals surface area contributed by atoms with Gasteiger partial charge < -0.3 is 30.4 Å². The van der Waals surface area contributed by atoms with Crippen molar-refractivity contribution in [2.24, 2.45) is 11.3 Å². The summed E-state index contributed by atoms with van der Waals surface area (Å²) in [7, 11) is 1.48. The molecule has 39 heavy (non-hydrogen) atoms. The van der Waals surface area contributed by atoms with E-state index in [4.69, 9.17) is 4.74 Å². The molecule has 0 spiro atoms. The third-order valence-corrected chi connectivity index (χ3v) is 6.47. The van der Waals surface area contributed by atoms with Gasteiger partial charge in [0.05, 0.1) is 19.7 Å². The Morgan fingerprint density at radius 3 is 2.51 bits per heavy atom. The van der Waals surface area contributed by atoms with Crippen LogP contribution in [0, 0.1) is 11.3 Å². The second-order valence-electron chi connectivity index (χ2n) is 9.58. The van der Waals surface area contributed by atoms with Gasteiger partial charge in [-0.2, -0.15) is 13.2 Å². The smallest absolute Gasteiger partial charge is 0.404 e. The molecule has 1 aliphatic rings. The highest BCUT2D eigenvalue weighted by Crippen LogP contribution is 2.38. The molecule has 212 valence electrons. The number of hydrogen-bond donors (Lipinski definition) is 4. The van der Waals surface area contributed by atoms with Crippen molar-refractivity contribution in [3.05, 3.63) is 30.0 Å². The van der Waals surface area contributed by atoms with E-state index in [0.717, 1.165) is 0 Å². The van der Waals surface area contributed by atoms with Crippen LogP contribution in [0.4, 0.5) is 13.2 Å². The molecule has 2 aromatic rings. The molecule has 2 heterocycles. The Labute approximate surface area is 221 Å². The number of alkyl halides is 3. The van der Waals surface area contributed by atoms with Gasteiger partial charge in [-0.1, -0.05) is 6.07 Å². The third-order valence-electron chi connectivity index (χ3n) is 6.47. The molecule has 1 fully saturated rings. The summed E-state index contributed by atoms with van der Waals surface area (Å²) in [5, 5.41) is 8.03. The quantitative estimate of drug-likeness (QED) is 0.308. The number of carbonyl (C=O) groups is 5. The number of amides is 3. The lowest BCUT2D eigenvalue weighted by molar-refractivity contribution is -0.224. The molecule has 1 aliphatic heterocycles. The van der Waals surface area contributed by atoms with Crippen molar-refractivity contribution >= 4 is 40.4 Å². The van der Waals surface area contributed by atoms with Crippen LogP contribution in [-0.4, -0.2) is 73.5 Å². The lowest BCUT2D eigenvalue weighted by Crippen LogP contribution is -2.48. The highest BCUT2D eigenvalue weighted by atomic mass is 19.4. The summed E-state index contributed by atoms with van der Waals surface area (Å²) in [5.74, 6) is -4.42. The van der Waals surface area contributed by atoms with E-state index in [1.54, 1.807) is 24.3 Å². The number of nitrogens with one attached hydrogen (secondary N) is 4. The van der Waals surface area contributed by atoms with E-state index in [9.17, 15) is 37.1 Å². The second-order valence-corrected chi connectivity index (χ2v) is 9.58. The van der Waals surface area contributed by atoms with Crippen molar-refractivity contribution in [2.75, 3.05) is 26.8 Å². The number of aromatic nitrogens is 1. The Morgan fingerprint density at radius 1 is 1.18 bits per heavy atom. The van der Waals surface area contributed by atoms with Gasteiger partial charge in [0.2, 0.25) is 11.8 Å². The number of ketones is 1. The van der Waals surface area contributed by atoms with Crippen molar-refractivity contribution in [1.29, 1.82) is 0 Å². The van der Waals surface area contributed by atoms with E-state index in [0.29, 0.717) is 43.5 Å². The van der Waals surface area contributed by atoms with Crippen molar-refractivity contribution in [2.45, 2.75) is 38.9 Å². The lowest BCUT2D eigenvalue weighted by atomic mass is 9.93. The van der Waals surface area contributed by atoms with Gasteiger partial charge in [-0.3, -0.25) is 24.0 Å². The molecule has 0 bridgehead atoms. The van der Waals surface area contributed by atoms with Gasteiger partial charge in [-0.15, -0.1) is 0 Å². The fraction of sp³-hybridized carbons (Fsp3) is 0.480. The first kappa shape index (κ1) is 29.5. The van der Waals surface area contributed by atoms with E-state index in [-0.39, 0.29) is 18.0 Å². The number of hydrogen-bond acceptors (Lipinski definition) is 7. The molecule has 2 atom stereocenters. The first-order valence-corrected chi connectivity index (χ1v) is 12.0. The maximum absolute atomic E-state index is 13.1. The fourth-order valence-electron chi connectivity index (χ4n) is 3.89. The predicted octanol–water partition coefficient (Wildman–Crippen LogP) is 1.62. The van der Waals surface area contributed by atoms with Crippen LogP contribution in [0.15, 0.2) is 24.3 Å². The summed E-state index contributed by atoms with van der Waals surface area (Å²) in [4.78, 5) is 64.8. The van der Waals surface area contributed by atoms with Crippen LogP contribution in [-0.2, 0) is 23.9 Å². The number of ether oxygens (including phenoxy) is 2. The van der Waals surface area contributed by atoms with Crippen molar-refractivity contribution in [3.63, 3.8) is 0 Å². The van der Waals surface area contributed by atoms with E-state index in [1.807, 2.05) is 0 Å². The van der Waals surface area contributed by atoms with E-state index in [1.165, 1.54) is 7.11 Å². The van der Waals surface area contributed by atoms with Crippen LogP contribution in [0.1, 0.15) is 37.2 Å². The number of carbonyl (C=O) groups excluding carboxylic acids is 5. The summed E-state index contributed by atoms with van der Waals surface area (Å²) >= 11 is 0. The van der Waals surface area contributed by atoms with Gasteiger partial charge >= 0.3 is 12.1 Å². The average molecular weight is 555 g/mol. The maximum Gasteiger partial charge on any atom is 0.404 e. The van der Waals surface area contributed by atoms with E-state index in [2.05, 4.69) is 25.7 Å². The van der Waals surface area contributed by atoms with E-state index >= 15 is 0 Å². The molecule has 3 amide bonds. The Balaban J connectivity index is 1.63. The molecule has 1 aromatic carbocycles. The number of methoxy groups -OCH3 is 1. The molecular formula is C25H29F3N4O7. The summed E-state index contributed by atoms with van der Waals surface area (Å²) in [6.45, 7) is 0.00784. The summed E-state index contributed by atoms with van der Waals surface area (Å²) < 4.78 is 49.1. The van der Waals surface area contributed by atoms with Crippen molar-refractivity contribution in [1.82, 2.24) is 20.9 Å². The molecule has 1 unspecified atom stereocenters. The van der Waals surface area contributed by atoms with Gasteiger partial charge in [-0.25, -0.2) is 0 Å². The summed E-state index contributed by atoms with van der Waals surface area (Å²) in [6.07, 6.45) is -4.69. The topological polar surface area (TPSA) is 156 Å². The zero-order valence-corrected chi connectivity index (χ0v) is 21.5. The largest absolute Gasteiger partial charge is 0.496 e. The number of aromatic amines is 1. The van der Waals surface area contributed by atoms with Crippen molar-refractivity contribution < 1.29 is 46.6 Å². The fourth-order valence-corrected chi connectivity index (χ4v) is 3.89. The number of H-pyrrole nitrogens is 1. The minimum absolute atomic E-state index is 0.150. The monoisotopic (exact) mass is 554 g/mol. The summed E-state index contributed by atoms with van der Waals surface area (Å²) in [5.41, 5.74) is -2.07. The number of Topliss-reactive ketones (excluding diaryl/α,β-unsaturated/α-hetero) is 1. The molecule has 0 radical (unpaired) electrons. The van der Waals surface area contributed by atoms with Crippen LogP contribution < -0.4 is 20.7 Å². The number of fused-ring (bicyclic) bond motifs is 1. The molecule has 0 saturated carbocycles. The minimum Gasteiger partial charge on any atom is -0.496 e. The van der Waals surface area contributed by atoms with Gasteiger partial charge in [0.15, 0.2) is 17.8 Å². The first-order valence-electron chi connectivity index (χ1n) is 12.0. The highest BCUT2D eigenvalue weighted by molar-refractivity contribution is 6.01. The third kappa shape index (κ3) is 6.86. The Kier molecular flexibility index (Phi) is 8.87. The number of halogens is 3. The Hall–Kier alpha value is -4.10. The molecule has 0 aliphatic carbocycles. The van der Waals surface area contributed by atoms with Gasteiger partial charge in [0.25, 0.3) is 5.91 Å². The molecule has 4 N–H and O–H groups in total.